The van der Waals surface area contributed by atoms with E-state index in [1.54, 1.807) is 15.9 Å². The molecule has 1 unspecified atom stereocenters. The first-order valence-electron chi connectivity index (χ1n) is 9.59. The summed E-state index contributed by atoms with van der Waals surface area (Å²) in [5.74, 6) is 2.26. The summed E-state index contributed by atoms with van der Waals surface area (Å²) in [6, 6.07) is 9.94. The van der Waals surface area contributed by atoms with Crippen LogP contribution >= 0.6 is 23.6 Å². The van der Waals surface area contributed by atoms with Crippen molar-refractivity contribution in [3.63, 3.8) is 0 Å². The van der Waals surface area contributed by atoms with Crippen molar-refractivity contribution in [1.29, 1.82) is 0 Å². The lowest BCUT2D eigenvalue weighted by molar-refractivity contribution is -0.132. The van der Waals surface area contributed by atoms with E-state index in [0.717, 1.165) is 41.3 Å². The summed E-state index contributed by atoms with van der Waals surface area (Å²) in [4.78, 5) is 16.1. The molecule has 0 radical (unpaired) electrons. The summed E-state index contributed by atoms with van der Waals surface area (Å²) < 4.78 is 13.6. The van der Waals surface area contributed by atoms with E-state index in [9.17, 15) is 4.79 Å². The van der Waals surface area contributed by atoms with Gasteiger partial charge >= 0.3 is 0 Å². The molecule has 1 aromatic carbocycles. The summed E-state index contributed by atoms with van der Waals surface area (Å²) in [5.41, 5.74) is 1.08. The number of amides is 1. The number of carbonyl (C=O) groups is 1. The Morgan fingerprint density at radius 3 is 2.97 bits per heavy atom. The predicted octanol–water partition coefficient (Wildman–Crippen LogP) is 3.80. The Morgan fingerprint density at radius 1 is 1.28 bits per heavy atom. The number of hydrogen-bond donors (Lipinski definition) is 1. The molecule has 3 aromatic rings. The number of H-pyrrole nitrogens is 1. The molecule has 1 fully saturated rings. The van der Waals surface area contributed by atoms with Gasteiger partial charge < -0.3 is 14.4 Å². The fourth-order valence-corrected chi connectivity index (χ4v) is 4.88. The van der Waals surface area contributed by atoms with Gasteiger partial charge in [0.25, 0.3) is 0 Å². The van der Waals surface area contributed by atoms with Crippen LogP contribution in [0.2, 0.25) is 0 Å². The van der Waals surface area contributed by atoms with Crippen molar-refractivity contribution >= 4 is 29.5 Å². The van der Waals surface area contributed by atoms with Crippen molar-refractivity contribution in [1.82, 2.24) is 19.7 Å². The molecular weight excluding hydrogens is 408 g/mol. The first-order valence-corrected chi connectivity index (χ1v) is 10.9. The molecule has 0 aliphatic carbocycles. The SMILES string of the molecule is O=C(Cn1c(-c2cccs2)n[nH]c1=S)N1CCCC1c1ccc2c(c1)OCCO2. The van der Waals surface area contributed by atoms with Crippen LogP contribution in [0, 0.1) is 4.77 Å². The zero-order chi connectivity index (χ0) is 19.8. The van der Waals surface area contributed by atoms with Gasteiger partial charge in [0, 0.05) is 6.54 Å². The Kier molecular flexibility index (Phi) is 4.84. The van der Waals surface area contributed by atoms with Crippen LogP contribution in [-0.4, -0.2) is 45.3 Å². The zero-order valence-corrected chi connectivity index (χ0v) is 17.3. The van der Waals surface area contributed by atoms with E-state index in [0.29, 0.717) is 23.8 Å². The Labute approximate surface area is 176 Å². The summed E-state index contributed by atoms with van der Waals surface area (Å²) in [6.07, 6.45) is 1.90. The van der Waals surface area contributed by atoms with Crippen LogP contribution in [0.25, 0.3) is 10.7 Å². The molecule has 1 saturated heterocycles. The summed E-state index contributed by atoms with van der Waals surface area (Å²) in [7, 11) is 0. The number of likely N-dealkylation sites (tertiary alicyclic amines) is 1. The molecule has 0 saturated carbocycles. The number of aromatic amines is 1. The van der Waals surface area contributed by atoms with Crippen molar-refractivity contribution in [2.75, 3.05) is 19.8 Å². The van der Waals surface area contributed by atoms with Gasteiger partial charge in [0.2, 0.25) is 5.91 Å². The van der Waals surface area contributed by atoms with E-state index in [2.05, 4.69) is 10.2 Å². The van der Waals surface area contributed by atoms with Crippen LogP contribution in [-0.2, 0) is 11.3 Å². The van der Waals surface area contributed by atoms with Crippen molar-refractivity contribution in [3.8, 4) is 22.2 Å². The van der Waals surface area contributed by atoms with Crippen LogP contribution in [0.4, 0.5) is 0 Å². The average molecular weight is 429 g/mol. The van der Waals surface area contributed by atoms with E-state index in [1.807, 2.05) is 40.6 Å². The van der Waals surface area contributed by atoms with E-state index >= 15 is 0 Å². The fourth-order valence-electron chi connectivity index (χ4n) is 3.96. The maximum atomic E-state index is 13.2. The highest BCUT2D eigenvalue weighted by atomic mass is 32.1. The second kappa shape index (κ2) is 7.64. The quantitative estimate of drug-likeness (QED) is 0.640. The molecule has 0 spiro atoms. The number of rotatable bonds is 4. The van der Waals surface area contributed by atoms with Gasteiger partial charge in [0.1, 0.15) is 19.8 Å². The number of thiophene rings is 1. The number of nitrogens with one attached hydrogen (secondary N) is 1. The second-order valence-corrected chi connectivity index (χ2v) is 8.40. The van der Waals surface area contributed by atoms with Gasteiger partial charge in [-0.3, -0.25) is 14.5 Å². The number of ether oxygens (including phenoxy) is 2. The molecule has 1 atom stereocenters. The van der Waals surface area contributed by atoms with Crippen LogP contribution in [0.15, 0.2) is 35.7 Å². The standard InChI is InChI=1S/C20H20N4O3S2/c25-18(12-24-19(21-22-20(24)28)17-4-2-10-29-17)23-7-1-3-14(23)13-5-6-15-16(11-13)27-9-8-26-15/h2,4-6,10-11,14H,1,3,7-9,12H2,(H,22,28). The smallest absolute Gasteiger partial charge is 0.243 e. The Morgan fingerprint density at radius 2 is 2.14 bits per heavy atom. The minimum absolute atomic E-state index is 0.0320. The van der Waals surface area contributed by atoms with E-state index in [1.165, 1.54) is 0 Å². The molecular formula is C20H20N4O3S2. The highest BCUT2D eigenvalue weighted by Gasteiger charge is 2.31. The molecule has 2 aliphatic heterocycles. The van der Waals surface area contributed by atoms with E-state index in [-0.39, 0.29) is 18.5 Å². The highest BCUT2D eigenvalue weighted by molar-refractivity contribution is 7.71. The van der Waals surface area contributed by atoms with Crippen LogP contribution < -0.4 is 9.47 Å². The number of hydrogen-bond acceptors (Lipinski definition) is 6. The number of aromatic nitrogens is 3. The fraction of sp³-hybridized carbons (Fsp3) is 0.350. The van der Waals surface area contributed by atoms with Gasteiger partial charge in [-0.05, 0) is 54.2 Å². The Balaban J connectivity index is 1.39. The normalized spacial score (nSPS) is 18.2. The third-order valence-electron chi connectivity index (χ3n) is 5.32. The van der Waals surface area contributed by atoms with Crippen molar-refractivity contribution in [2.24, 2.45) is 0 Å². The second-order valence-electron chi connectivity index (χ2n) is 7.06. The molecule has 2 aliphatic rings. The van der Waals surface area contributed by atoms with Gasteiger partial charge in [-0.2, -0.15) is 5.10 Å². The molecule has 5 rings (SSSR count). The summed E-state index contributed by atoms with van der Waals surface area (Å²) in [6.45, 7) is 2.02. The Hall–Kier alpha value is -2.65. The average Bonchev–Trinajstić information content (AvgIpc) is 3.49. The lowest BCUT2D eigenvalue weighted by Gasteiger charge is -2.27. The topological polar surface area (TPSA) is 72.4 Å². The van der Waals surface area contributed by atoms with Crippen molar-refractivity contribution < 1.29 is 14.3 Å². The van der Waals surface area contributed by atoms with E-state index in [4.69, 9.17) is 21.7 Å². The number of fused-ring (bicyclic) bond motifs is 1. The largest absolute Gasteiger partial charge is 0.486 e. The molecule has 0 bridgehead atoms. The molecule has 150 valence electrons. The molecule has 2 aromatic heterocycles. The highest BCUT2D eigenvalue weighted by Crippen LogP contribution is 2.38. The van der Waals surface area contributed by atoms with Gasteiger partial charge in [0.05, 0.1) is 10.9 Å². The van der Waals surface area contributed by atoms with Crippen LogP contribution in [0.5, 0.6) is 11.5 Å². The van der Waals surface area contributed by atoms with Crippen LogP contribution in [0.3, 0.4) is 0 Å². The van der Waals surface area contributed by atoms with Crippen molar-refractivity contribution in [3.05, 3.63) is 46.0 Å². The molecule has 4 heterocycles. The molecule has 1 N–H and O–H groups in total. The lowest BCUT2D eigenvalue weighted by atomic mass is 10.0. The minimum atomic E-state index is 0.0320. The van der Waals surface area contributed by atoms with E-state index < -0.39 is 0 Å². The molecule has 29 heavy (non-hydrogen) atoms. The molecule has 7 nitrogen and oxygen atoms in total. The Bertz CT molecular complexity index is 1090. The number of carbonyl (C=O) groups excluding carboxylic acids is 1. The van der Waals surface area contributed by atoms with Crippen LogP contribution in [0.1, 0.15) is 24.4 Å². The zero-order valence-electron chi connectivity index (χ0n) is 15.7. The number of nitrogens with zero attached hydrogens (tertiary/aromatic N) is 3. The first kappa shape index (κ1) is 18.4. The molecule has 9 heteroatoms. The monoisotopic (exact) mass is 428 g/mol. The maximum absolute atomic E-state index is 13.2. The van der Waals surface area contributed by atoms with Gasteiger partial charge in [-0.25, -0.2) is 0 Å². The lowest BCUT2D eigenvalue weighted by Crippen LogP contribution is -2.33. The maximum Gasteiger partial charge on any atom is 0.243 e. The van der Waals surface area contributed by atoms with Gasteiger partial charge in [-0.1, -0.05) is 12.1 Å². The van der Waals surface area contributed by atoms with Gasteiger partial charge in [0.15, 0.2) is 22.1 Å². The third kappa shape index (κ3) is 3.44. The molecule has 1 amide bonds. The number of benzene rings is 1. The van der Waals surface area contributed by atoms with Gasteiger partial charge in [-0.15, -0.1) is 11.3 Å². The third-order valence-corrected chi connectivity index (χ3v) is 6.49. The van der Waals surface area contributed by atoms with Crippen molar-refractivity contribution in [2.45, 2.75) is 25.4 Å². The summed E-state index contributed by atoms with van der Waals surface area (Å²) >= 11 is 6.95. The first-order chi connectivity index (χ1) is 14.2. The predicted molar refractivity (Wildman–Crippen MR) is 112 cm³/mol. The summed E-state index contributed by atoms with van der Waals surface area (Å²) in [5, 5.41) is 9.12. The minimum Gasteiger partial charge on any atom is -0.486 e.